The van der Waals surface area contributed by atoms with Crippen LogP contribution in [0.25, 0.3) is 0 Å². The zero-order valence-corrected chi connectivity index (χ0v) is 10.9. The van der Waals surface area contributed by atoms with Gasteiger partial charge in [0.1, 0.15) is 12.9 Å². The molecule has 0 aliphatic rings. The summed E-state index contributed by atoms with van der Waals surface area (Å²) in [7, 11) is 1.81. The second kappa shape index (κ2) is 5.77. The fraction of sp³-hybridized carbons (Fsp3) is 0.727. The van der Waals surface area contributed by atoms with Gasteiger partial charge in [-0.05, 0) is 20.8 Å². The van der Waals surface area contributed by atoms with Gasteiger partial charge in [0.05, 0.1) is 5.60 Å². The van der Waals surface area contributed by atoms with E-state index < -0.39 is 0 Å². The normalized spacial score (nSPS) is 11.5. The number of nitrogens with zero attached hydrogens (tertiary/aromatic N) is 3. The summed E-state index contributed by atoms with van der Waals surface area (Å²) >= 11 is 0. The second-order valence-corrected chi connectivity index (χ2v) is 4.84. The molecule has 0 saturated heterocycles. The summed E-state index contributed by atoms with van der Waals surface area (Å²) in [6.07, 6.45) is 2.27. The van der Waals surface area contributed by atoms with Gasteiger partial charge in [-0.15, -0.1) is 0 Å². The highest BCUT2D eigenvalue weighted by Gasteiger charge is 2.12. The Bertz CT molecular complexity index is 368. The van der Waals surface area contributed by atoms with Gasteiger partial charge < -0.3 is 10.1 Å². The first-order valence-electron chi connectivity index (χ1n) is 5.62. The second-order valence-electron chi connectivity index (χ2n) is 4.84. The van der Waals surface area contributed by atoms with Crippen molar-refractivity contribution in [2.24, 2.45) is 7.05 Å². The third kappa shape index (κ3) is 6.01. The van der Waals surface area contributed by atoms with E-state index in [1.165, 1.54) is 0 Å². The molecule has 1 aromatic heterocycles. The van der Waals surface area contributed by atoms with Crippen molar-refractivity contribution in [3.63, 3.8) is 0 Å². The smallest absolute Gasteiger partial charge is 0.246 e. The number of aryl methyl sites for hydroxylation is 1. The molecule has 0 unspecified atom stereocenters. The molecular formula is C11H20N4O2. The Hall–Kier alpha value is -1.43. The molecule has 1 N–H and O–H groups in total. The third-order valence-corrected chi connectivity index (χ3v) is 1.95. The molecule has 0 fully saturated rings. The van der Waals surface area contributed by atoms with Crippen LogP contribution in [0.2, 0.25) is 0 Å². The molecule has 1 amide bonds. The molecule has 0 saturated carbocycles. The van der Waals surface area contributed by atoms with E-state index in [1.54, 1.807) is 11.0 Å². The highest BCUT2D eigenvalue weighted by atomic mass is 16.5. The first kappa shape index (κ1) is 13.6. The van der Waals surface area contributed by atoms with Crippen molar-refractivity contribution in [2.45, 2.75) is 32.8 Å². The lowest BCUT2D eigenvalue weighted by Crippen LogP contribution is -2.33. The predicted molar refractivity (Wildman–Crippen MR) is 63.4 cm³/mol. The summed E-state index contributed by atoms with van der Waals surface area (Å²) in [5.74, 6) is 0.611. The quantitative estimate of drug-likeness (QED) is 0.803. The maximum Gasteiger partial charge on any atom is 0.246 e. The minimum absolute atomic E-state index is 0.0825. The topological polar surface area (TPSA) is 69.0 Å². The molecule has 0 bridgehead atoms. The molecule has 0 radical (unpaired) electrons. The maximum atomic E-state index is 11.4. The van der Waals surface area contributed by atoms with Crippen molar-refractivity contribution >= 4 is 5.91 Å². The van der Waals surface area contributed by atoms with Crippen LogP contribution in [-0.4, -0.2) is 39.4 Å². The van der Waals surface area contributed by atoms with E-state index >= 15 is 0 Å². The lowest BCUT2D eigenvalue weighted by Gasteiger charge is -2.18. The Balaban J connectivity index is 2.16. The summed E-state index contributed by atoms with van der Waals surface area (Å²) < 4.78 is 6.99. The Morgan fingerprint density at radius 2 is 2.24 bits per heavy atom. The molecule has 0 aliphatic carbocycles. The number of rotatable bonds is 5. The summed E-state index contributed by atoms with van der Waals surface area (Å²) in [5.41, 5.74) is -0.292. The molecule has 0 aromatic carbocycles. The minimum Gasteiger partial charge on any atom is -0.366 e. The number of ether oxygens (including phenoxy) is 1. The number of amides is 1. The fourth-order valence-corrected chi connectivity index (χ4v) is 1.15. The molecule has 6 nitrogen and oxygen atoms in total. The summed E-state index contributed by atoms with van der Waals surface area (Å²) in [5, 5.41) is 6.88. The number of aromatic nitrogens is 3. The molecular weight excluding hydrogens is 220 g/mol. The van der Waals surface area contributed by atoms with E-state index in [2.05, 4.69) is 15.4 Å². The van der Waals surface area contributed by atoms with Crippen LogP contribution in [0.1, 0.15) is 26.6 Å². The lowest BCUT2D eigenvalue weighted by atomic mass is 10.2. The number of carbonyl (C=O) groups is 1. The standard InChI is InChI=1S/C11H20N4O2/c1-11(2,3)17-7-10(16)12-6-5-9-13-8-15(4)14-9/h8H,5-7H2,1-4H3,(H,12,16). The van der Waals surface area contributed by atoms with Gasteiger partial charge in [0.25, 0.3) is 0 Å². The van der Waals surface area contributed by atoms with E-state index in [0.717, 1.165) is 5.82 Å². The zero-order valence-electron chi connectivity index (χ0n) is 10.9. The largest absolute Gasteiger partial charge is 0.366 e. The lowest BCUT2D eigenvalue weighted by molar-refractivity contribution is -0.130. The van der Waals surface area contributed by atoms with E-state index in [9.17, 15) is 4.79 Å². The van der Waals surface area contributed by atoms with Gasteiger partial charge in [0.2, 0.25) is 5.91 Å². The first-order chi connectivity index (χ1) is 7.87. The van der Waals surface area contributed by atoms with Gasteiger partial charge in [0, 0.05) is 20.0 Å². The number of hydrogen-bond acceptors (Lipinski definition) is 4. The molecule has 0 atom stereocenters. The van der Waals surface area contributed by atoms with E-state index in [1.807, 2.05) is 27.8 Å². The van der Waals surface area contributed by atoms with Crippen LogP contribution in [0, 0.1) is 0 Å². The Morgan fingerprint density at radius 1 is 1.53 bits per heavy atom. The summed E-state index contributed by atoms with van der Waals surface area (Å²) in [6.45, 7) is 6.35. The van der Waals surface area contributed by atoms with Crippen LogP contribution in [0.4, 0.5) is 0 Å². The highest BCUT2D eigenvalue weighted by Crippen LogP contribution is 2.05. The Morgan fingerprint density at radius 3 is 2.76 bits per heavy atom. The van der Waals surface area contributed by atoms with Crippen molar-refractivity contribution in [3.8, 4) is 0 Å². The molecule has 6 heteroatoms. The molecule has 0 aliphatic heterocycles. The maximum absolute atomic E-state index is 11.4. The van der Waals surface area contributed by atoms with Crippen LogP contribution in [0.15, 0.2) is 6.33 Å². The van der Waals surface area contributed by atoms with Crippen molar-refractivity contribution in [1.29, 1.82) is 0 Å². The molecule has 1 rings (SSSR count). The van der Waals surface area contributed by atoms with E-state index in [4.69, 9.17) is 4.74 Å². The van der Waals surface area contributed by atoms with Crippen molar-refractivity contribution in [2.75, 3.05) is 13.2 Å². The SMILES string of the molecule is Cn1cnc(CCNC(=O)COC(C)(C)C)n1. The number of hydrogen-bond donors (Lipinski definition) is 1. The monoisotopic (exact) mass is 240 g/mol. The molecule has 96 valence electrons. The third-order valence-electron chi connectivity index (χ3n) is 1.95. The van der Waals surface area contributed by atoms with E-state index in [0.29, 0.717) is 13.0 Å². The average Bonchev–Trinajstić information content (AvgIpc) is 2.60. The zero-order chi connectivity index (χ0) is 12.9. The van der Waals surface area contributed by atoms with Gasteiger partial charge in [-0.3, -0.25) is 9.48 Å². The van der Waals surface area contributed by atoms with Crippen LogP contribution in [0.5, 0.6) is 0 Å². The van der Waals surface area contributed by atoms with Crippen LogP contribution < -0.4 is 5.32 Å². The van der Waals surface area contributed by atoms with E-state index in [-0.39, 0.29) is 18.1 Å². The predicted octanol–water partition coefficient (Wildman–Crippen LogP) is 0.289. The Labute approximate surface area is 101 Å². The molecule has 1 aromatic rings. The number of nitrogens with one attached hydrogen (secondary N) is 1. The highest BCUT2D eigenvalue weighted by molar-refractivity contribution is 5.77. The van der Waals surface area contributed by atoms with Crippen LogP contribution >= 0.6 is 0 Å². The van der Waals surface area contributed by atoms with Gasteiger partial charge >= 0.3 is 0 Å². The molecule has 0 spiro atoms. The van der Waals surface area contributed by atoms with Crippen molar-refractivity contribution in [1.82, 2.24) is 20.1 Å². The average molecular weight is 240 g/mol. The molecule has 17 heavy (non-hydrogen) atoms. The van der Waals surface area contributed by atoms with Crippen molar-refractivity contribution in [3.05, 3.63) is 12.2 Å². The van der Waals surface area contributed by atoms with Crippen LogP contribution in [-0.2, 0) is 23.0 Å². The number of carbonyl (C=O) groups excluding carboxylic acids is 1. The van der Waals surface area contributed by atoms with Crippen molar-refractivity contribution < 1.29 is 9.53 Å². The van der Waals surface area contributed by atoms with Gasteiger partial charge in [-0.25, -0.2) is 4.98 Å². The van der Waals surface area contributed by atoms with Gasteiger partial charge in [0.15, 0.2) is 5.82 Å². The minimum atomic E-state index is -0.292. The van der Waals surface area contributed by atoms with Gasteiger partial charge in [-0.1, -0.05) is 0 Å². The first-order valence-corrected chi connectivity index (χ1v) is 5.62. The summed E-state index contributed by atoms with van der Waals surface area (Å²) in [4.78, 5) is 15.5. The van der Waals surface area contributed by atoms with Crippen LogP contribution in [0.3, 0.4) is 0 Å². The Kier molecular flexibility index (Phi) is 4.62. The molecule has 1 heterocycles. The van der Waals surface area contributed by atoms with Gasteiger partial charge in [-0.2, -0.15) is 5.10 Å². The fourth-order valence-electron chi connectivity index (χ4n) is 1.15. The summed E-state index contributed by atoms with van der Waals surface area (Å²) in [6, 6.07) is 0.